The van der Waals surface area contributed by atoms with E-state index >= 15 is 0 Å². The summed E-state index contributed by atoms with van der Waals surface area (Å²) >= 11 is 0. The van der Waals surface area contributed by atoms with Crippen LogP contribution in [0.2, 0.25) is 0 Å². The molecule has 0 aromatic heterocycles. The maximum atomic E-state index is 2.39. The molecule has 0 radical (unpaired) electrons. The molecule has 4 rings (SSSR count). The Morgan fingerprint density at radius 3 is 2.43 bits per heavy atom. The summed E-state index contributed by atoms with van der Waals surface area (Å²) in [7, 11) is 0. The van der Waals surface area contributed by atoms with Crippen molar-refractivity contribution in [3.8, 4) is 0 Å². The fourth-order valence-corrected chi connectivity index (χ4v) is 4.34. The molecule has 72 valence electrons. The van der Waals surface area contributed by atoms with Crippen molar-refractivity contribution in [1.82, 2.24) is 0 Å². The third-order valence-electron chi connectivity index (χ3n) is 4.98. The summed E-state index contributed by atoms with van der Waals surface area (Å²) in [5.74, 6) is 2.15. The zero-order chi connectivity index (χ0) is 9.17. The lowest BCUT2D eigenvalue weighted by Gasteiger charge is -2.32. The van der Waals surface area contributed by atoms with Gasteiger partial charge in [0.1, 0.15) is 0 Å². The van der Waals surface area contributed by atoms with Crippen LogP contribution >= 0.6 is 0 Å². The highest BCUT2D eigenvalue weighted by molar-refractivity contribution is 5.52. The number of fused-ring (bicyclic) bond motifs is 5. The van der Waals surface area contributed by atoms with Gasteiger partial charge in [-0.05, 0) is 42.2 Å². The second-order valence-corrected chi connectivity index (χ2v) is 5.37. The van der Waals surface area contributed by atoms with Gasteiger partial charge in [-0.1, -0.05) is 37.1 Å². The molecule has 3 aliphatic carbocycles. The van der Waals surface area contributed by atoms with Gasteiger partial charge in [0.05, 0.1) is 0 Å². The van der Waals surface area contributed by atoms with E-state index in [0.29, 0.717) is 5.41 Å². The second-order valence-electron chi connectivity index (χ2n) is 5.37. The third-order valence-corrected chi connectivity index (χ3v) is 4.98. The van der Waals surface area contributed by atoms with Crippen LogP contribution in [0.25, 0.3) is 0 Å². The first kappa shape index (κ1) is 7.50. The van der Waals surface area contributed by atoms with Crippen molar-refractivity contribution in [2.24, 2.45) is 11.8 Å². The first-order valence-electron chi connectivity index (χ1n) is 6.01. The summed E-state index contributed by atoms with van der Waals surface area (Å²) in [6, 6.07) is 9.13. The molecule has 0 heteroatoms. The van der Waals surface area contributed by atoms with Crippen molar-refractivity contribution in [3.05, 3.63) is 35.4 Å². The molecule has 0 bridgehead atoms. The van der Waals surface area contributed by atoms with E-state index in [1.54, 1.807) is 11.1 Å². The van der Waals surface area contributed by atoms with Gasteiger partial charge in [-0.25, -0.2) is 0 Å². The van der Waals surface area contributed by atoms with Crippen LogP contribution in [0.15, 0.2) is 24.3 Å². The molecule has 3 aliphatic rings. The Morgan fingerprint density at radius 2 is 1.71 bits per heavy atom. The largest absolute Gasteiger partial charge is 0.0620 e. The predicted octanol–water partition coefficient (Wildman–Crippen LogP) is 3.30. The van der Waals surface area contributed by atoms with Gasteiger partial charge in [0, 0.05) is 5.41 Å². The van der Waals surface area contributed by atoms with Gasteiger partial charge in [-0.15, -0.1) is 0 Å². The minimum atomic E-state index is 0.701. The van der Waals surface area contributed by atoms with E-state index in [1.807, 2.05) is 0 Å². The molecule has 0 amide bonds. The molecule has 0 heterocycles. The smallest absolute Gasteiger partial charge is 0.00585 e. The first-order chi connectivity index (χ1) is 6.93. The zero-order valence-corrected chi connectivity index (χ0v) is 8.50. The summed E-state index contributed by atoms with van der Waals surface area (Å²) in [6.07, 6.45) is 7.41. The van der Waals surface area contributed by atoms with E-state index in [1.165, 1.54) is 32.1 Å². The number of hydrogen-bond acceptors (Lipinski definition) is 0. The van der Waals surface area contributed by atoms with Crippen LogP contribution in [-0.2, 0) is 11.8 Å². The lowest BCUT2D eigenvalue weighted by atomic mass is 9.71. The minimum absolute atomic E-state index is 0.701. The lowest BCUT2D eigenvalue weighted by Crippen LogP contribution is -2.28. The van der Waals surface area contributed by atoms with Gasteiger partial charge in [0.25, 0.3) is 0 Å². The van der Waals surface area contributed by atoms with Crippen LogP contribution in [0.1, 0.15) is 36.8 Å². The predicted molar refractivity (Wildman–Crippen MR) is 57.3 cm³/mol. The quantitative estimate of drug-likeness (QED) is 0.580. The van der Waals surface area contributed by atoms with Crippen molar-refractivity contribution >= 4 is 0 Å². The zero-order valence-electron chi connectivity index (χ0n) is 8.50. The first-order valence-corrected chi connectivity index (χ1v) is 6.01. The molecule has 1 aromatic carbocycles. The Morgan fingerprint density at radius 1 is 1.00 bits per heavy atom. The molecule has 2 atom stereocenters. The van der Waals surface area contributed by atoms with E-state index < -0.39 is 0 Å². The summed E-state index contributed by atoms with van der Waals surface area (Å²) in [5.41, 5.74) is 4.06. The molecule has 0 saturated heterocycles. The van der Waals surface area contributed by atoms with Gasteiger partial charge >= 0.3 is 0 Å². The monoisotopic (exact) mass is 184 g/mol. The summed E-state index contributed by atoms with van der Waals surface area (Å²) in [5, 5.41) is 0. The molecule has 1 aromatic rings. The van der Waals surface area contributed by atoms with E-state index in [0.717, 1.165) is 11.8 Å². The summed E-state index contributed by atoms with van der Waals surface area (Å²) < 4.78 is 0. The Bertz CT molecular complexity index is 379. The lowest BCUT2D eigenvalue weighted by molar-refractivity contribution is 0.480. The summed E-state index contributed by atoms with van der Waals surface area (Å²) in [4.78, 5) is 0. The average molecular weight is 184 g/mol. The normalized spacial score (nSPS) is 42.6. The van der Waals surface area contributed by atoms with Crippen molar-refractivity contribution in [2.45, 2.75) is 37.5 Å². The number of hydrogen-bond donors (Lipinski definition) is 0. The van der Waals surface area contributed by atoms with Crippen molar-refractivity contribution < 1.29 is 0 Å². The fraction of sp³-hybridized carbons (Fsp3) is 0.571. The minimum Gasteiger partial charge on any atom is -0.0620 e. The van der Waals surface area contributed by atoms with Crippen molar-refractivity contribution in [3.63, 3.8) is 0 Å². The van der Waals surface area contributed by atoms with Gasteiger partial charge < -0.3 is 0 Å². The highest BCUT2D eigenvalue weighted by Crippen LogP contribution is 2.72. The average Bonchev–Trinajstić information content (AvgIpc) is 2.88. The maximum Gasteiger partial charge on any atom is 0.00585 e. The van der Waals surface area contributed by atoms with E-state index in [4.69, 9.17) is 0 Å². The van der Waals surface area contributed by atoms with Gasteiger partial charge in [0.2, 0.25) is 0 Å². The topological polar surface area (TPSA) is 0 Å². The molecule has 0 nitrogen and oxygen atoms in total. The number of benzene rings is 1. The third kappa shape index (κ3) is 0.657. The van der Waals surface area contributed by atoms with E-state index in [2.05, 4.69) is 24.3 Å². The van der Waals surface area contributed by atoms with Crippen LogP contribution in [-0.4, -0.2) is 0 Å². The second kappa shape index (κ2) is 2.24. The molecule has 0 N–H and O–H groups in total. The van der Waals surface area contributed by atoms with E-state index in [9.17, 15) is 0 Å². The van der Waals surface area contributed by atoms with Crippen LogP contribution in [0.3, 0.4) is 0 Å². The standard InChI is InChI=1S/C14H16/c1-2-6-11-10(5-1)9-14(11)12-7-3-4-8-13(12)14/h1-2,5-6,12-13H,3-4,7-9H2. The molecule has 2 unspecified atom stereocenters. The molecular formula is C14H16. The van der Waals surface area contributed by atoms with Crippen LogP contribution in [0.5, 0.6) is 0 Å². The summed E-state index contributed by atoms with van der Waals surface area (Å²) in [6.45, 7) is 0. The van der Waals surface area contributed by atoms with Crippen molar-refractivity contribution in [1.29, 1.82) is 0 Å². The Hall–Kier alpha value is -0.780. The molecule has 2 fully saturated rings. The van der Waals surface area contributed by atoms with Crippen molar-refractivity contribution in [2.75, 3.05) is 0 Å². The molecule has 14 heavy (non-hydrogen) atoms. The van der Waals surface area contributed by atoms with Gasteiger partial charge in [-0.3, -0.25) is 0 Å². The Kier molecular flexibility index (Phi) is 1.20. The molecule has 2 saturated carbocycles. The maximum absolute atomic E-state index is 2.39. The van der Waals surface area contributed by atoms with Crippen LogP contribution < -0.4 is 0 Å². The molecule has 0 aliphatic heterocycles. The molecular weight excluding hydrogens is 168 g/mol. The van der Waals surface area contributed by atoms with Crippen LogP contribution in [0, 0.1) is 11.8 Å². The SMILES string of the molecule is c1ccc2c(c1)CC21C2CCCCC21. The van der Waals surface area contributed by atoms with Gasteiger partial charge in [0.15, 0.2) is 0 Å². The Labute approximate surface area is 85.3 Å². The highest BCUT2D eigenvalue weighted by atomic mass is 14.7. The van der Waals surface area contributed by atoms with Gasteiger partial charge in [-0.2, -0.15) is 0 Å². The van der Waals surface area contributed by atoms with E-state index in [-0.39, 0.29) is 0 Å². The fourth-order valence-electron chi connectivity index (χ4n) is 4.34. The molecule has 1 spiro atoms. The highest BCUT2D eigenvalue weighted by Gasteiger charge is 2.68. The Balaban J connectivity index is 1.77. The van der Waals surface area contributed by atoms with Crippen LogP contribution in [0.4, 0.5) is 0 Å². The number of rotatable bonds is 0.